The van der Waals surface area contributed by atoms with Gasteiger partial charge in [0.1, 0.15) is 11.6 Å². The van der Waals surface area contributed by atoms with Gasteiger partial charge >= 0.3 is 0 Å². The number of aromatic nitrogens is 4. The minimum Gasteiger partial charge on any atom is -0.370 e. The summed E-state index contributed by atoms with van der Waals surface area (Å²) in [5.41, 5.74) is 2.01. The fourth-order valence-electron chi connectivity index (χ4n) is 2.81. The van der Waals surface area contributed by atoms with Gasteiger partial charge in [0.15, 0.2) is 0 Å². The Labute approximate surface area is 119 Å². The van der Waals surface area contributed by atoms with E-state index in [9.17, 15) is 0 Å². The zero-order valence-corrected chi connectivity index (χ0v) is 12.1. The SMILES string of the molecule is CCNc1cc(-c2cnn(C)c2)nc(C2CCCC2)n1. The van der Waals surface area contributed by atoms with E-state index < -0.39 is 0 Å². The molecule has 2 heterocycles. The number of rotatable bonds is 4. The van der Waals surface area contributed by atoms with Crippen LogP contribution in [0.25, 0.3) is 11.3 Å². The molecule has 0 saturated heterocycles. The Morgan fingerprint density at radius 3 is 2.75 bits per heavy atom. The molecule has 2 aromatic rings. The van der Waals surface area contributed by atoms with Crippen LogP contribution in [0.4, 0.5) is 5.82 Å². The van der Waals surface area contributed by atoms with Crippen molar-refractivity contribution in [1.29, 1.82) is 0 Å². The van der Waals surface area contributed by atoms with E-state index in [0.717, 1.165) is 29.4 Å². The van der Waals surface area contributed by atoms with Crippen LogP contribution in [-0.2, 0) is 7.05 Å². The lowest BCUT2D eigenvalue weighted by Gasteiger charge is -2.12. The van der Waals surface area contributed by atoms with E-state index in [1.165, 1.54) is 25.7 Å². The van der Waals surface area contributed by atoms with Crippen molar-refractivity contribution in [2.75, 3.05) is 11.9 Å². The average Bonchev–Trinajstić information content (AvgIpc) is 3.09. The largest absolute Gasteiger partial charge is 0.370 e. The molecule has 0 radical (unpaired) electrons. The van der Waals surface area contributed by atoms with Gasteiger partial charge in [-0.05, 0) is 19.8 Å². The molecule has 2 aromatic heterocycles. The van der Waals surface area contributed by atoms with E-state index in [1.807, 2.05) is 25.5 Å². The summed E-state index contributed by atoms with van der Waals surface area (Å²) in [6, 6.07) is 2.01. The zero-order valence-electron chi connectivity index (χ0n) is 12.1. The fourth-order valence-corrected chi connectivity index (χ4v) is 2.81. The highest BCUT2D eigenvalue weighted by Gasteiger charge is 2.21. The van der Waals surface area contributed by atoms with Gasteiger partial charge in [-0.1, -0.05) is 12.8 Å². The smallest absolute Gasteiger partial charge is 0.134 e. The van der Waals surface area contributed by atoms with Crippen LogP contribution in [0.15, 0.2) is 18.5 Å². The summed E-state index contributed by atoms with van der Waals surface area (Å²) in [5.74, 6) is 2.42. The molecule has 106 valence electrons. The summed E-state index contributed by atoms with van der Waals surface area (Å²) in [7, 11) is 1.92. The summed E-state index contributed by atoms with van der Waals surface area (Å²) in [4.78, 5) is 9.46. The third kappa shape index (κ3) is 2.66. The molecule has 1 saturated carbocycles. The van der Waals surface area contributed by atoms with Gasteiger partial charge in [0.25, 0.3) is 0 Å². The molecule has 0 unspecified atom stereocenters. The van der Waals surface area contributed by atoms with Gasteiger partial charge in [-0.25, -0.2) is 9.97 Å². The molecule has 5 nitrogen and oxygen atoms in total. The normalized spacial score (nSPS) is 15.7. The number of hydrogen-bond acceptors (Lipinski definition) is 4. The molecule has 0 amide bonds. The maximum atomic E-state index is 4.78. The zero-order chi connectivity index (χ0) is 13.9. The van der Waals surface area contributed by atoms with Gasteiger partial charge in [0.05, 0.1) is 11.9 Å². The lowest BCUT2D eigenvalue weighted by atomic mass is 10.1. The minimum atomic E-state index is 0.518. The Bertz CT molecular complexity index is 584. The van der Waals surface area contributed by atoms with E-state index in [1.54, 1.807) is 4.68 Å². The number of nitrogens with zero attached hydrogens (tertiary/aromatic N) is 4. The quantitative estimate of drug-likeness (QED) is 0.929. The van der Waals surface area contributed by atoms with Crippen molar-refractivity contribution < 1.29 is 0 Å². The second-order valence-corrected chi connectivity index (χ2v) is 5.41. The predicted molar refractivity (Wildman–Crippen MR) is 79.6 cm³/mol. The monoisotopic (exact) mass is 271 g/mol. The summed E-state index contributed by atoms with van der Waals surface area (Å²) in [6.07, 6.45) is 8.86. The number of nitrogens with one attached hydrogen (secondary N) is 1. The van der Waals surface area contributed by atoms with Crippen molar-refractivity contribution in [3.8, 4) is 11.3 Å². The van der Waals surface area contributed by atoms with Crippen LogP contribution in [0.1, 0.15) is 44.3 Å². The fraction of sp³-hybridized carbons (Fsp3) is 0.533. The molecule has 1 aliphatic carbocycles. The number of anilines is 1. The third-order valence-corrected chi connectivity index (χ3v) is 3.82. The third-order valence-electron chi connectivity index (χ3n) is 3.82. The summed E-state index contributed by atoms with van der Waals surface area (Å²) >= 11 is 0. The molecule has 0 aromatic carbocycles. The minimum absolute atomic E-state index is 0.518. The highest BCUT2D eigenvalue weighted by Crippen LogP contribution is 2.33. The van der Waals surface area contributed by atoms with Gasteiger partial charge in [0.2, 0.25) is 0 Å². The molecular formula is C15H21N5. The first-order chi connectivity index (χ1) is 9.76. The van der Waals surface area contributed by atoms with Crippen LogP contribution in [-0.4, -0.2) is 26.3 Å². The van der Waals surface area contributed by atoms with Gasteiger partial charge in [-0.15, -0.1) is 0 Å². The topological polar surface area (TPSA) is 55.6 Å². The summed E-state index contributed by atoms with van der Waals surface area (Å²) < 4.78 is 1.81. The molecule has 20 heavy (non-hydrogen) atoms. The van der Waals surface area contributed by atoms with Crippen molar-refractivity contribution in [3.05, 3.63) is 24.3 Å². The van der Waals surface area contributed by atoms with E-state index in [2.05, 4.69) is 22.3 Å². The van der Waals surface area contributed by atoms with Gasteiger partial charge < -0.3 is 5.32 Å². The highest BCUT2D eigenvalue weighted by atomic mass is 15.2. The Morgan fingerprint density at radius 2 is 2.10 bits per heavy atom. The van der Waals surface area contributed by atoms with Crippen LogP contribution in [0, 0.1) is 0 Å². The maximum Gasteiger partial charge on any atom is 0.134 e. The van der Waals surface area contributed by atoms with Crippen molar-refractivity contribution in [2.24, 2.45) is 7.05 Å². The molecule has 0 atom stereocenters. The molecule has 1 fully saturated rings. The van der Waals surface area contributed by atoms with Crippen molar-refractivity contribution >= 4 is 5.82 Å². The molecule has 0 bridgehead atoms. The number of hydrogen-bond donors (Lipinski definition) is 1. The first-order valence-corrected chi connectivity index (χ1v) is 7.38. The Hall–Kier alpha value is -1.91. The van der Waals surface area contributed by atoms with Gasteiger partial charge in [0, 0.05) is 37.3 Å². The first-order valence-electron chi connectivity index (χ1n) is 7.38. The van der Waals surface area contributed by atoms with Crippen molar-refractivity contribution in [1.82, 2.24) is 19.7 Å². The number of aryl methyl sites for hydroxylation is 1. The second kappa shape index (κ2) is 5.61. The first kappa shape index (κ1) is 13.1. The summed E-state index contributed by atoms with van der Waals surface area (Å²) in [6.45, 7) is 2.95. The lowest BCUT2D eigenvalue weighted by Crippen LogP contribution is -2.07. The molecule has 5 heteroatoms. The Morgan fingerprint density at radius 1 is 1.30 bits per heavy atom. The van der Waals surface area contributed by atoms with E-state index in [0.29, 0.717) is 5.92 Å². The van der Waals surface area contributed by atoms with Crippen molar-refractivity contribution in [2.45, 2.75) is 38.5 Å². The average molecular weight is 271 g/mol. The van der Waals surface area contributed by atoms with E-state index in [-0.39, 0.29) is 0 Å². The molecule has 3 rings (SSSR count). The predicted octanol–water partition coefficient (Wildman–Crippen LogP) is 2.97. The van der Waals surface area contributed by atoms with Crippen LogP contribution < -0.4 is 5.32 Å². The molecular weight excluding hydrogens is 250 g/mol. The van der Waals surface area contributed by atoms with E-state index in [4.69, 9.17) is 4.98 Å². The highest BCUT2D eigenvalue weighted by molar-refractivity contribution is 5.61. The second-order valence-electron chi connectivity index (χ2n) is 5.41. The molecule has 1 N–H and O–H groups in total. The lowest BCUT2D eigenvalue weighted by molar-refractivity contribution is 0.669. The van der Waals surface area contributed by atoms with Crippen molar-refractivity contribution in [3.63, 3.8) is 0 Å². The van der Waals surface area contributed by atoms with Crippen LogP contribution in [0.5, 0.6) is 0 Å². The van der Waals surface area contributed by atoms with Crippen LogP contribution in [0.2, 0.25) is 0 Å². The van der Waals surface area contributed by atoms with E-state index >= 15 is 0 Å². The Balaban J connectivity index is 1.99. The standard InChI is InChI=1S/C15H21N5/c1-3-16-14-8-13(12-9-17-20(2)10-12)18-15(19-14)11-6-4-5-7-11/h8-11H,3-7H2,1-2H3,(H,16,18,19). The maximum absolute atomic E-state index is 4.78. The van der Waals surface area contributed by atoms with Gasteiger partial charge in [-0.2, -0.15) is 5.10 Å². The van der Waals surface area contributed by atoms with Crippen LogP contribution in [0.3, 0.4) is 0 Å². The Kier molecular flexibility index (Phi) is 3.67. The molecule has 0 aliphatic heterocycles. The summed E-state index contributed by atoms with van der Waals surface area (Å²) in [5, 5.41) is 7.54. The van der Waals surface area contributed by atoms with Crippen LogP contribution >= 0.6 is 0 Å². The molecule has 0 spiro atoms. The van der Waals surface area contributed by atoms with Gasteiger partial charge in [-0.3, -0.25) is 4.68 Å². The molecule has 1 aliphatic rings.